The van der Waals surface area contributed by atoms with Crippen molar-refractivity contribution in [2.45, 2.75) is 25.0 Å². The molecule has 1 N–H and O–H groups in total. The molecule has 0 aromatic heterocycles. The molecule has 0 heterocycles. The Morgan fingerprint density at radius 2 is 2.10 bits per heavy atom. The lowest BCUT2D eigenvalue weighted by Gasteiger charge is -2.15. The molecular formula is C6H9NO3. The van der Waals surface area contributed by atoms with Gasteiger partial charge in [0.2, 0.25) is 6.04 Å². The molecule has 2 atom stereocenters. The maximum atomic E-state index is 10.2. The number of nitro groups is 1. The van der Waals surface area contributed by atoms with Crippen molar-refractivity contribution in [1.82, 2.24) is 0 Å². The molecule has 4 heteroatoms. The molecule has 10 heavy (non-hydrogen) atoms. The highest BCUT2D eigenvalue weighted by Crippen LogP contribution is 2.13. The van der Waals surface area contributed by atoms with Gasteiger partial charge in [-0.25, -0.2) is 0 Å². The van der Waals surface area contributed by atoms with E-state index in [4.69, 9.17) is 5.11 Å². The molecule has 0 aliphatic heterocycles. The largest absolute Gasteiger partial charge is 0.386 e. The zero-order chi connectivity index (χ0) is 7.56. The number of hydrogen-bond donors (Lipinski definition) is 1. The van der Waals surface area contributed by atoms with E-state index in [1.807, 2.05) is 0 Å². The van der Waals surface area contributed by atoms with Crippen molar-refractivity contribution < 1.29 is 10.0 Å². The molecule has 0 radical (unpaired) electrons. The summed E-state index contributed by atoms with van der Waals surface area (Å²) < 4.78 is 0. The summed E-state index contributed by atoms with van der Waals surface area (Å²) in [6, 6.07) is -0.787. The van der Waals surface area contributed by atoms with Crippen LogP contribution >= 0.6 is 0 Å². The van der Waals surface area contributed by atoms with Gasteiger partial charge in [-0.15, -0.1) is 0 Å². The molecular weight excluding hydrogens is 134 g/mol. The summed E-state index contributed by atoms with van der Waals surface area (Å²) in [5.74, 6) is 0. The number of hydrogen-bond acceptors (Lipinski definition) is 3. The monoisotopic (exact) mass is 143 g/mol. The van der Waals surface area contributed by atoms with Gasteiger partial charge in [-0.2, -0.15) is 0 Å². The van der Waals surface area contributed by atoms with Crippen LogP contribution in [-0.2, 0) is 0 Å². The van der Waals surface area contributed by atoms with Gasteiger partial charge >= 0.3 is 0 Å². The molecule has 0 saturated heterocycles. The van der Waals surface area contributed by atoms with E-state index in [9.17, 15) is 10.1 Å². The third kappa shape index (κ3) is 1.33. The summed E-state index contributed by atoms with van der Waals surface area (Å²) in [5, 5.41) is 19.2. The molecule has 1 aliphatic carbocycles. The van der Waals surface area contributed by atoms with E-state index in [0.717, 1.165) is 0 Å². The second kappa shape index (κ2) is 2.79. The average Bonchev–Trinajstić information content (AvgIpc) is 1.88. The second-order valence-electron chi connectivity index (χ2n) is 2.36. The number of aliphatic hydroxyl groups is 1. The van der Waals surface area contributed by atoms with Crippen LogP contribution in [0.2, 0.25) is 0 Å². The van der Waals surface area contributed by atoms with Gasteiger partial charge in [-0.1, -0.05) is 12.2 Å². The van der Waals surface area contributed by atoms with Gasteiger partial charge in [0.15, 0.2) is 0 Å². The van der Waals surface area contributed by atoms with E-state index in [0.29, 0.717) is 12.8 Å². The quantitative estimate of drug-likeness (QED) is 0.327. The molecule has 0 aromatic rings. The Hall–Kier alpha value is -0.900. The smallest absolute Gasteiger partial charge is 0.242 e. The van der Waals surface area contributed by atoms with Crippen molar-refractivity contribution in [2.24, 2.45) is 0 Å². The summed E-state index contributed by atoms with van der Waals surface area (Å²) in [6.45, 7) is 0. The highest BCUT2D eigenvalue weighted by molar-refractivity contribution is 4.94. The minimum absolute atomic E-state index is 0.355. The summed E-state index contributed by atoms with van der Waals surface area (Å²) >= 11 is 0. The van der Waals surface area contributed by atoms with Crippen LogP contribution < -0.4 is 0 Å². The van der Waals surface area contributed by atoms with E-state index < -0.39 is 17.1 Å². The molecule has 0 bridgehead atoms. The topological polar surface area (TPSA) is 63.4 Å². The Bertz CT molecular complexity index is 166. The van der Waals surface area contributed by atoms with Crippen LogP contribution in [0.15, 0.2) is 12.2 Å². The molecule has 56 valence electrons. The van der Waals surface area contributed by atoms with E-state index in [1.165, 1.54) is 0 Å². The first kappa shape index (κ1) is 7.21. The lowest BCUT2D eigenvalue weighted by atomic mass is 10.00. The van der Waals surface area contributed by atoms with Gasteiger partial charge in [0.25, 0.3) is 0 Å². The Kier molecular flexibility index (Phi) is 2.01. The fraction of sp³-hybridized carbons (Fsp3) is 0.667. The highest BCUT2D eigenvalue weighted by atomic mass is 16.6. The maximum Gasteiger partial charge on any atom is 0.242 e. The van der Waals surface area contributed by atoms with Crippen LogP contribution in [0.25, 0.3) is 0 Å². The van der Waals surface area contributed by atoms with Crippen molar-refractivity contribution in [3.63, 3.8) is 0 Å². The van der Waals surface area contributed by atoms with Crippen molar-refractivity contribution in [3.8, 4) is 0 Å². The van der Waals surface area contributed by atoms with Crippen LogP contribution in [0.3, 0.4) is 0 Å². The number of aliphatic hydroxyl groups excluding tert-OH is 1. The minimum Gasteiger partial charge on any atom is -0.386 e. The van der Waals surface area contributed by atoms with Gasteiger partial charge < -0.3 is 5.11 Å². The molecule has 0 aromatic carbocycles. The zero-order valence-electron chi connectivity index (χ0n) is 5.43. The van der Waals surface area contributed by atoms with Crippen molar-refractivity contribution in [3.05, 3.63) is 22.3 Å². The summed E-state index contributed by atoms with van der Waals surface area (Å²) in [4.78, 5) is 9.75. The van der Waals surface area contributed by atoms with E-state index in [2.05, 4.69) is 0 Å². The van der Waals surface area contributed by atoms with E-state index in [-0.39, 0.29) is 0 Å². The van der Waals surface area contributed by atoms with Gasteiger partial charge in [0.05, 0.1) is 0 Å². The summed E-state index contributed by atoms with van der Waals surface area (Å²) in [7, 11) is 0. The summed E-state index contributed by atoms with van der Waals surface area (Å²) in [6.07, 6.45) is 3.48. The van der Waals surface area contributed by atoms with Crippen molar-refractivity contribution in [1.29, 1.82) is 0 Å². The zero-order valence-corrected chi connectivity index (χ0v) is 5.43. The number of rotatable bonds is 1. The Labute approximate surface area is 58.3 Å². The molecule has 0 amide bonds. The van der Waals surface area contributed by atoms with Crippen LogP contribution in [0.5, 0.6) is 0 Å². The third-order valence-corrected chi connectivity index (χ3v) is 1.64. The van der Waals surface area contributed by atoms with Crippen LogP contribution in [0.1, 0.15) is 12.8 Å². The fourth-order valence-corrected chi connectivity index (χ4v) is 1.01. The van der Waals surface area contributed by atoms with Gasteiger partial charge in [-0.05, 0) is 6.42 Å². The molecule has 0 saturated carbocycles. The predicted octanol–water partition coefficient (Wildman–Crippen LogP) is 0.343. The first-order valence-electron chi connectivity index (χ1n) is 3.18. The van der Waals surface area contributed by atoms with E-state index in [1.54, 1.807) is 12.2 Å². The molecule has 0 unspecified atom stereocenters. The Morgan fingerprint density at radius 1 is 1.50 bits per heavy atom. The first-order valence-corrected chi connectivity index (χ1v) is 3.18. The van der Waals surface area contributed by atoms with Gasteiger partial charge in [0, 0.05) is 11.3 Å². The third-order valence-electron chi connectivity index (χ3n) is 1.64. The van der Waals surface area contributed by atoms with Crippen molar-refractivity contribution in [2.75, 3.05) is 0 Å². The number of nitrogens with zero attached hydrogens (tertiary/aromatic N) is 1. The van der Waals surface area contributed by atoms with Crippen LogP contribution in [-0.4, -0.2) is 22.2 Å². The normalized spacial score (nSPS) is 32.1. The minimum atomic E-state index is -0.792. The van der Waals surface area contributed by atoms with Crippen molar-refractivity contribution >= 4 is 0 Å². The van der Waals surface area contributed by atoms with Crippen LogP contribution in [0.4, 0.5) is 0 Å². The standard InChI is InChI=1S/C6H9NO3/c8-6-4-2-1-3-5(6)7(9)10/h1-2,5-6,8H,3-4H2/t5-,6-/m1/s1. The Balaban J connectivity index is 2.59. The lowest BCUT2D eigenvalue weighted by Crippen LogP contribution is -2.34. The lowest BCUT2D eigenvalue weighted by molar-refractivity contribution is -0.533. The van der Waals surface area contributed by atoms with Gasteiger partial charge in [0.1, 0.15) is 6.10 Å². The molecule has 1 aliphatic rings. The second-order valence-corrected chi connectivity index (χ2v) is 2.36. The maximum absolute atomic E-state index is 10.2. The molecule has 4 nitrogen and oxygen atoms in total. The molecule has 1 rings (SSSR count). The van der Waals surface area contributed by atoms with E-state index >= 15 is 0 Å². The predicted molar refractivity (Wildman–Crippen MR) is 35.2 cm³/mol. The SMILES string of the molecule is O=[N+]([O-])[C@@H]1CC=CC[C@H]1O. The molecule has 0 spiro atoms. The van der Waals surface area contributed by atoms with Gasteiger partial charge in [-0.3, -0.25) is 10.1 Å². The first-order chi connectivity index (χ1) is 4.72. The highest BCUT2D eigenvalue weighted by Gasteiger charge is 2.29. The van der Waals surface area contributed by atoms with Crippen LogP contribution in [0, 0.1) is 10.1 Å². The fourth-order valence-electron chi connectivity index (χ4n) is 1.01. The Morgan fingerprint density at radius 3 is 2.50 bits per heavy atom. The average molecular weight is 143 g/mol. The summed E-state index contributed by atoms with van der Waals surface area (Å²) in [5.41, 5.74) is 0. The molecule has 0 fully saturated rings.